The molecule has 6 heteroatoms. The molecule has 0 unspecified atom stereocenters. The van der Waals surface area contributed by atoms with Gasteiger partial charge in [0.1, 0.15) is 5.60 Å². The normalized spacial score (nSPS) is 34.4. The van der Waals surface area contributed by atoms with Crippen LogP contribution in [0.2, 0.25) is 0 Å². The first-order chi connectivity index (χ1) is 10.4. The van der Waals surface area contributed by atoms with Crippen LogP contribution in [-0.2, 0) is 11.3 Å². The van der Waals surface area contributed by atoms with Crippen LogP contribution in [0.3, 0.4) is 0 Å². The van der Waals surface area contributed by atoms with E-state index in [1.54, 1.807) is 12.1 Å². The quantitative estimate of drug-likeness (QED) is 0.657. The summed E-state index contributed by atoms with van der Waals surface area (Å²) in [6, 6.07) is 6.20. The minimum Gasteiger partial charge on any atom is -0.387 e. The molecule has 0 spiro atoms. The first-order valence-corrected chi connectivity index (χ1v) is 7.74. The number of aliphatic hydroxyl groups is 2. The fourth-order valence-corrected chi connectivity index (χ4v) is 3.80. The number of nitrogens with zero attached hydrogens (tertiary/aromatic N) is 1. The van der Waals surface area contributed by atoms with Crippen molar-refractivity contribution in [3.05, 3.63) is 39.9 Å². The number of hydrogen-bond acceptors (Lipinski definition) is 5. The Morgan fingerprint density at radius 3 is 2.55 bits per heavy atom. The number of rotatable bonds is 4. The molecule has 0 bridgehead atoms. The lowest BCUT2D eigenvalue weighted by Gasteiger charge is -2.44. The Labute approximate surface area is 128 Å². The highest BCUT2D eigenvalue weighted by Crippen LogP contribution is 2.50. The topological polar surface area (TPSA) is 92.8 Å². The van der Waals surface area contributed by atoms with Gasteiger partial charge in [-0.3, -0.25) is 10.1 Å². The van der Waals surface area contributed by atoms with Crippen molar-refractivity contribution in [3.63, 3.8) is 0 Å². The lowest BCUT2D eigenvalue weighted by atomic mass is 9.73. The van der Waals surface area contributed by atoms with Gasteiger partial charge in [0.05, 0.1) is 23.2 Å². The molecule has 0 aromatic heterocycles. The summed E-state index contributed by atoms with van der Waals surface area (Å²) in [5.41, 5.74) is -1.32. The van der Waals surface area contributed by atoms with Gasteiger partial charge in [0.2, 0.25) is 0 Å². The molecule has 120 valence electrons. The number of nitro benzene ring substituents is 1. The molecule has 2 fully saturated rings. The summed E-state index contributed by atoms with van der Waals surface area (Å²) in [7, 11) is 0. The van der Waals surface area contributed by atoms with E-state index in [9.17, 15) is 20.3 Å². The molecule has 0 radical (unpaired) electrons. The van der Waals surface area contributed by atoms with Gasteiger partial charge in [0, 0.05) is 12.1 Å². The van der Waals surface area contributed by atoms with Crippen LogP contribution in [0.15, 0.2) is 24.3 Å². The largest absolute Gasteiger partial charge is 0.387 e. The van der Waals surface area contributed by atoms with Crippen LogP contribution in [0.25, 0.3) is 0 Å². The van der Waals surface area contributed by atoms with E-state index in [4.69, 9.17) is 4.74 Å². The Bertz CT molecular complexity index is 560. The second-order valence-corrected chi connectivity index (χ2v) is 6.42. The maximum Gasteiger partial charge on any atom is 0.269 e. The number of ether oxygens (including phenoxy) is 1. The third-order valence-corrected chi connectivity index (χ3v) is 5.16. The SMILES string of the molecule is O=[N+]([O-])c1ccc(CO[C@@H]2CC[C@]3(O)CCCC[C@]23O)cc1. The number of nitro groups is 1. The first kappa shape index (κ1) is 15.4. The molecule has 2 aliphatic carbocycles. The fourth-order valence-electron chi connectivity index (χ4n) is 3.80. The van der Waals surface area contributed by atoms with E-state index in [1.807, 2.05) is 0 Å². The molecule has 0 saturated heterocycles. The van der Waals surface area contributed by atoms with E-state index in [2.05, 4.69) is 0 Å². The third kappa shape index (κ3) is 2.51. The van der Waals surface area contributed by atoms with Crippen molar-refractivity contribution in [2.45, 2.75) is 62.4 Å². The highest BCUT2D eigenvalue weighted by molar-refractivity contribution is 5.32. The molecule has 2 saturated carbocycles. The Kier molecular flexibility index (Phi) is 3.92. The van der Waals surface area contributed by atoms with Gasteiger partial charge in [-0.2, -0.15) is 0 Å². The minimum absolute atomic E-state index is 0.0462. The third-order valence-electron chi connectivity index (χ3n) is 5.16. The van der Waals surface area contributed by atoms with E-state index in [0.29, 0.717) is 25.7 Å². The molecule has 0 heterocycles. The second-order valence-electron chi connectivity index (χ2n) is 6.42. The smallest absolute Gasteiger partial charge is 0.269 e. The average Bonchev–Trinajstić information content (AvgIpc) is 2.77. The van der Waals surface area contributed by atoms with Crippen LogP contribution >= 0.6 is 0 Å². The van der Waals surface area contributed by atoms with Gasteiger partial charge >= 0.3 is 0 Å². The summed E-state index contributed by atoms with van der Waals surface area (Å²) >= 11 is 0. The highest BCUT2D eigenvalue weighted by Gasteiger charge is 2.60. The molecule has 2 aliphatic rings. The summed E-state index contributed by atoms with van der Waals surface area (Å²) in [5.74, 6) is 0. The van der Waals surface area contributed by atoms with Crippen LogP contribution in [-0.4, -0.2) is 32.4 Å². The van der Waals surface area contributed by atoms with Crippen molar-refractivity contribution < 1.29 is 19.9 Å². The zero-order valence-corrected chi connectivity index (χ0v) is 12.4. The maximum absolute atomic E-state index is 10.9. The predicted octanol–water partition coefficient (Wildman–Crippen LogP) is 2.31. The van der Waals surface area contributed by atoms with Crippen molar-refractivity contribution >= 4 is 5.69 Å². The first-order valence-electron chi connectivity index (χ1n) is 7.74. The second kappa shape index (κ2) is 5.61. The van der Waals surface area contributed by atoms with Gasteiger partial charge < -0.3 is 14.9 Å². The van der Waals surface area contributed by atoms with Crippen molar-refractivity contribution in [2.24, 2.45) is 0 Å². The van der Waals surface area contributed by atoms with Crippen LogP contribution in [0.1, 0.15) is 44.1 Å². The van der Waals surface area contributed by atoms with Gasteiger partial charge in [-0.25, -0.2) is 0 Å². The molecule has 22 heavy (non-hydrogen) atoms. The summed E-state index contributed by atoms with van der Waals surface area (Å²) < 4.78 is 5.85. The molecule has 1 aromatic rings. The molecule has 1 aromatic carbocycles. The van der Waals surface area contributed by atoms with Gasteiger partial charge in [-0.15, -0.1) is 0 Å². The zero-order valence-electron chi connectivity index (χ0n) is 12.4. The standard InChI is InChI=1S/C16H21NO5/c18-15-8-1-2-9-16(15,19)14(7-10-15)22-11-12-3-5-13(6-4-12)17(20)21/h3-6,14,18-19H,1-2,7-11H2/t14-,15-,16+/m1/s1. The van der Waals surface area contributed by atoms with Crippen LogP contribution < -0.4 is 0 Å². The van der Waals surface area contributed by atoms with E-state index >= 15 is 0 Å². The highest BCUT2D eigenvalue weighted by atomic mass is 16.6. The lowest BCUT2D eigenvalue weighted by Crippen LogP contribution is -2.57. The Balaban J connectivity index is 1.65. The Morgan fingerprint density at radius 2 is 1.86 bits per heavy atom. The van der Waals surface area contributed by atoms with E-state index in [0.717, 1.165) is 18.4 Å². The minimum atomic E-state index is -1.16. The van der Waals surface area contributed by atoms with Crippen molar-refractivity contribution in [1.29, 1.82) is 0 Å². The van der Waals surface area contributed by atoms with Gasteiger partial charge in [0.15, 0.2) is 0 Å². The van der Waals surface area contributed by atoms with Gasteiger partial charge in [0.25, 0.3) is 5.69 Å². The van der Waals surface area contributed by atoms with Crippen LogP contribution in [0.4, 0.5) is 5.69 Å². The summed E-state index contributed by atoms with van der Waals surface area (Å²) in [5, 5.41) is 32.1. The molecule has 0 aliphatic heterocycles. The molecule has 2 N–H and O–H groups in total. The lowest BCUT2D eigenvalue weighted by molar-refractivity contribution is -0.384. The van der Waals surface area contributed by atoms with Crippen molar-refractivity contribution in [1.82, 2.24) is 0 Å². The number of fused-ring (bicyclic) bond motifs is 1. The molecular weight excluding hydrogens is 286 g/mol. The number of non-ortho nitro benzene ring substituents is 1. The maximum atomic E-state index is 10.9. The average molecular weight is 307 g/mol. The van der Waals surface area contributed by atoms with E-state index in [1.165, 1.54) is 12.1 Å². The van der Waals surface area contributed by atoms with E-state index in [-0.39, 0.29) is 18.4 Å². The number of benzene rings is 1. The molecule has 6 nitrogen and oxygen atoms in total. The molecule has 0 amide bonds. The molecule has 3 rings (SSSR count). The van der Waals surface area contributed by atoms with Crippen LogP contribution in [0, 0.1) is 10.1 Å². The molecular formula is C16H21NO5. The zero-order chi connectivity index (χ0) is 15.8. The monoisotopic (exact) mass is 307 g/mol. The molecule has 3 atom stereocenters. The van der Waals surface area contributed by atoms with Gasteiger partial charge in [-0.1, -0.05) is 12.8 Å². The van der Waals surface area contributed by atoms with Crippen LogP contribution in [0.5, 0.6) is 0 Å². The summed E-state index contributed by atoms with van der Waals surface area (Å²) in [6.07, 6.45) is 3.85. The summed E-state index contributed by atoms with van der Waals surface area (Å²) in [4.78, 5) is 10.2. The fraction of sp³-hybridized carbons (Fsp3) is 0.625. The van der Waals surface area contributed by atoms with Gasteiger partial charge in [-0.05, 0) is 43.4 Å². The summed E-state index contributed by atoms with van der Waals surface area (Å²) in [6.45, 7) is 0.279. The van der Waals surface area contributed by atoms with Crippen molar-refractivity contribution in [3.8, 4) is 0 Å². The predicted molar refractivity (Wildman–Crippen MR) is 79.3 cm³/mol. The van der Waals surface area contributed by atoms with E-state index < -0.39 is 16.1 Å². The van der Waals surface area contributed by atoms with Crippen molar-refractivity contribution in [2.75, 3.05) is 0 Å². The Hall–Kier alpha value is -1.50. The Morgan fingerprint density at radius 1 is 1.18 bits per heavy atom. The number of hydrogen-bond donors (Lipinski definition) is 2.